The number of hydrogen-bond acceptors (Lipinski definition) is 3. The topological polar surface area (TPSA) is 48.5 Å². The molecule has 1 aliphatic rings. The number of nitrogens with one attached hydrogen (secondary N) is 1. The van der Waals surface area contributed by atoms with E-state index in [2.05, 4.69) is 21.8 Å². The molecule has 1 aromatic rings. The van der Waals surface area contributed by atoms with Crippen molar-refractivity contribution in [1.82, 2.24) is 4.98 Å². The maximum absolute atomic E-state index is 11.2. The van der Waals surface area contributed by atoms with Gasteiger partial charge in [0.05, 0.1) is 5.69 Å². The van der Waals surface area contributed by atoms with Gasteiger partial charge in [-0.25, -0.2) is 0 Å². The fourth-order valence-corrected chi connectivity index (χ4v) is 1.62. The van der Waals surface area contributed by atoms with Gasteiger partial charge in [0.2, 0.25) is 5.56 Å². The molecule has 0 spiro atoms. The summed E-state index contributed by atoms with van der Waals surface area (Å²) >= 11 is 0. The molecule has 0 saturated carbocycles. The van der Waals surface area contributed by atoms with E-state index in [1.54, 1.807) is 18.5 Å². The summed E-state index contributed by atoms with van der Waals surface area (Å²) in [5, 5.41) is 0. The number of aromatic nitrogens is 1. The minimum absolute atomic E-state index is 0.0554. The van der Waals surface area contributed by atoms with E-state index in [9.17, 15) is 4.79 Å². The number of hydrogen-bond donors (Lipinski definition) is 1. The average Bonchev–Trinajstić information content (AvgIpc) is 2.19. The van der Waals surface area contributed by atoms with Crippen LogP contribution in [0.3, 0.4) is 0 Å². The van der Waals surface area contributed by atoms with Gasteiger partial charge in [0, 0.05) is 30.6 Å². The zero-order valence-electron chi connectivity index (χ0n) is 8.16. The SMILES string of the molecule is CCCN1CN=Cc2c[nH]c(=O)cc21. The molecule has 1 aliphatic heterocycles. The number of aromatic amines is 1. The fraction of sp³-hybridized carbons (Fsp3) is 0.400. The van der Waals surface area contributed by atoms with Crippen molar-refractivity contribution >= 4 is 11.9 Å². The number of nitrogens with zero attached hydrogens (tertiary/aromatic N) is 2. The van der Waals surface area contributed by atoms with Gasteiger partial charge in [0.25, 0.3) is 0 Å². The molecular formula is C10H13N3O. The highest BCUT2D eigenvalue weighted by molar-refractivity contribution is 5.89. The van der Waals surface area contributed by atoms with Gasteiger partial charge in [0.15, 0.2) is 0 Å². The maximum Gasteiger partial charge on any atom is 0.250 e. The zero-order valence-corrected chi connectivity index (χ0v) is 8.16. The van der Waals surface area contributed by atoms with Gasteiger partial charge in [-0.2, -0.15) is 0 Å². The van der Waals surface area contributed by atoms with E-state index in [0.29, 0.717) is 6.67 Å². The molecule has 2 rings (SSSR count). The summed E-state index contributed by atoms with van der Waals surface area (Å²) in [5.41, 5.74) is 1.93. The number of H-pyrrole nitrogens is 1. The summed E-state index contributed by atoms with van der Waals surface area (Å²) in [6.45, 7) is 3.71. The van der Waals surface area contributed by atoms with E-state index in [-0.39, 0.29) is 5.56 Å². The van der Waals surface area contributed by atoms with Crippen LogP contribution in [-0.4, -0.2) is 24.4 Å². The first-order chi connectivity index (χ1) is 6.81. The summed E-state index contributed by atoms with van der Waals surface area (Å²) in [5.74, 6) is 0. The molecule has 4 heteroatoms. The molecule has 14 heavy (non-hydrogen) atoms. The molecule has 0 unspecified atom stereocenters. The monoisotopic (exact) mass is 191 g/mol. The van der Waals surface area contributed by atoms with Gasteiger partial charge >= 0.3 is 0 Å². The third-order valence-electron chi connectivity index (χ3n) is 2.25. The van der Waals surface area contributed by atoms with Crippen molar-refractivity contribution in [3.8, 4) is 0 Å². The largest absolute Gasteiger partial charge is 0.351 e. The van der Waals surface area contributed by atoms with Crippen LogP contribution >= 0.6 is 0 Å². The van der Waals surface area contributed by atoms with E-state index < -0.39 is 0 Å². The molecule has 4 nitrogen and oxygen atoms in total. The Bertz CT molecular complexity index is 408. The molecule has 0 atom stereocenters. The van der Waals surface area contributed by atoms with Crippen LogP contribution in [-0.2, 0) is 0 Å². The highest BCUT2D eigenvalue weighted by Crippen LogP contribution is 2.19. The lowest BCUT2D eigenvalue weighted by molar-refractivity contribution is 0.771. The Hall–Kier alpha value is -1.58. The van der Waals surface area contributed by atoms with Crippen molar-refractivity contribution in [3.63, 3.8) is 0 Å². The van der Waals surface area contributed by atoms with Gasteiger partial charge in [0.1, 0.15) is 6.67 Å². The van der Waals surface area contributed by atoms with Gasteiger partial charge in [-0.1, -0.05) is 6.92 Å². The van der Waals surface area contributed by atoms with E-state index in [0.717, 1.165) is 24.2 Å². The van der Waals surface area contributed by atoms with E-state index in [1.165, 1.54) is 0 Å². The van der Waals surface area contributed by atoms with Crippen molar-refractivity contribution in [2.24, 2.45) is 4.99 Å². The third-order valence-corrected chi connectivity index (χ3v) is 2.25. The van der Waals surface area contributed by atoms with E-state index >= 15 is 0 Å². The predicted molar refractivity (Wildman–Crippen MR) is 57.2 cm³/mol. The molecule has 0 amide bonds. The standard InChI is InChI=1S/C10H13N3O/c1-2-3-13-7-11-5-8-6-12-10(14)4-9(8)13/h4-6H,2-3,7H2,1H3,(H,12,14). The number of anilines is 1. The summed E-state index contributed by atoms with van der Waals surface area (Å²) in [4.78, 5) is 20.2. The first-order valence-electron chi connectivity index (χ1n) is 4.79. The number of rotatable bonds is 2. The van der Waals surface area contributed by atoms with Crippen LogP contribution in [0.5, 0.6) is 0 Å². The molecular weight excluding hydrogens is 178 g/mol. The number of fused-ring (bicyclic) bond motifs is 1. The fourth-order valence-electron chi connectivity index (χ4n) is 1.62. The first-order valence-corrected chi connectivity index (χ1v) is 4.79. The Morgan fingerprint density at radius 3 is 3.29 bits per heavy atom. The normalized spacial score (nSPS) is 14.2. The van der Waals surface area contributed by atoms with Gasteiger partial charge in [-0.15, -0.1) is 0 Å². The first kappa shape index (κ1) is 8.99. The van der Waals surface area contributed by atoms with Crippen LogP contribution < -0.4 is 10.5 Å². The highest BCUT2D eigenvalue weighted by atomic mass is 16.1. The minimum atomic E-state index is -0.0554. The van der Waals surface area contributed by atoms with Gasteiger partial charge < -0.3 is 9.88 Å². The second kappa shape index (κ2) is 3.65. The van der Waals surface area contributed by atoms with Crippen LogP contribution in [0.1, 0.15) is 18.9 Å². The zero-order chi connectivity index (χ0) is 9.97. The van der Waals surface area contributed by atoms with Gasteiger partial charge in [-0.05, 0) is 6.42 Å². The third kappa shape index (κ3) is 1.55. The molecule has 2 heterocycles. The van der Waals surface area contributed by atoms with Crippen molar-refractivity contribution in [1.29, 1.82) is 0 Å². The van der Waals surface area contributed by atoms with Crippen LogP contribution in [0.25, 0.3) is 0 Å². The molecule has 0 radical (unpaired) electrons. The smallest absolute Gasteiger partial charge is 0.250 e. The Balaban J connectivity index is 2.42. The molecule has 0 bridgehead atoms. The van der Waals surface area contributed by atoms with Gasteiger partial charge in [-0.3, -0.25) is 9.79 Å². The lowest BCUT2D eigenvalue weighted by atomic mass is 10.2. The minimum Gasteiger partial charge on any atom is -0.351 e. The quantitative estimate of drug-likeness (QED) is 0.757. The lowest BCUT2D eigenvalue weighted by Gasteiger charge is -2.26. The maximum atomic E-state index is 11.2. The number of aliphatic imine (C=N–C) groups is 1. The molecule has 0 fully saturated rings. The van der Waals surface area contributed by atoms with Crippen molar-refractivity contribution < 1.29 is 0 Å². The van der Waals surface area contributed by atoms with E-state index in [1.807, 2.05) is 0 Å². The summed E-state index contributed by atoms with van der Waals surface area (Å²) in [6.07, 6.45) is 4.57. The second-order valence-corrected chi connectivity index (χ2v) is 3.35. The Morgan fingerprint density at radius 2 is 2.50 bits per heavy atom. The number of pyridine rings is 1. The summed E-state index contributed by atoms with van der Waals surface area (Å²) in [7, 11) is 0. The molecule has 0 saturated heterocycles. The molecule has 1 N–H and O–H groups in total. The lowest BCUT2D eigenvalue weighted by Crippen LogP contribution is -2.29. The van der Waals surface area contributed by atoms with E-state index in [4.69, 9.17) is 0 Å². The average molecular weight is 191 g/mol. The highest BCUT2D eigenvalue weighted by Gasteiger charge is 2.12. The Labute approximate surface area is 82.3 Å². The van der Waals surface area contributed by atoms with Crippen molar-refractivity contribution in [3.05, 3.63) is 28.2 Å². The van der Waals surface area contributed by atoms with Crippen LogP contribution in [0, 0.1) is 0 Å². The van der Waals surface area contributed by atoms with Crippen LogP contribution in [0.4, 0.5) is 5.69 Å². The second-order valence-electron chi connectivity index (χ2n) is 3.35. The van der Waals surface area contributed by atoms with Crippen LogP contribution in [0.15, 0.2) is 22.1 Å². The molecule has 0 aliphatic carbocycles. The summed E-state index contributed by atoms with van der Waals surface area (Å²) in [6, 6.07) is 1.64. The summed E-state index contributed by atoms with van der Waals surface area (Å²) < 4.78 is 0. The Kier molecular flexibility index (Phi) is 2.35. The molecule has 0 aromatic carbocycles. The molecule has 1 aromatic heterocycles. The Morgan fingerprint density at radius 1 is 1.64 bits per heavy atom. The molecule has 74 valence electrons. The van der Waals surface area contributed by atoms with Crippen molar-refractivity contribution in [2.75, 3.05) is 18.1 Å². The van der Waals surface area contributed by atoms with Crippen LogP contribution in [0.2, 0.25) is 0 Å². The predicted octanol–water partition coefficient (Wildman–Crippen LogP) is 0.981. The van der Waals surface area contributed by atoms with Crippen molar-refractivity contribution in [2.45, 2.75) is 13.3 Å².